The molecule has 0 N–H and O–H groups in total. The predicted molar refractivity (Wildman–Crippen MR) is 111 cm³/mol. The van der Waals surface area contributed by atoms with Crippen LogP contribution in [0.5, 0.6) is 0 Å². The smallest absolute Gasteiger partial charge is 0.306 e. The molecule has 2 aromatic carbocycles. The van der Waals surface area contributed by atoms with Crippen LogP contribution >= 0.6 is 42.1 Å². The first-order valence-electron chi connectivity index (χ1n) is 8.19. The summed E-state index contributed by atoms with van der Waals surface area (Å²) in [4.78, 5) is 0.959. The van der Waals surface area contributed by atoms with Gasteiger partial charge >= 0.3 is 7.60 Å². The highest BCUT2D eigenvalue weighted by atomic mass is 35.5. The molecule has 0 aliphatic rings. The molecule has 26 heavy (non-hydrogen) atoms. The Hall–Kier alpha value is -0.870. The van der Waals surface area contributed by atoms with Gasteiger partial charge in [-0.1, -0.05) is 47.5 Å². The molecule has 1 atom stereocenters. The SMILES string of the molecule is CC(C)OP(=O)(Cc1cc2ccccc2s1)OCc1c(Cl)cccc1Cl. The van der Waals surface area contributed by atoms with Crippen molar-refractivity contribution in [1.29, 1.82) is 0 Å². The third kappa shape index (κ3) is 4.89. The molecule has 1 aromatic heterocycles. The number of thiophene rings is 1. The summed E-state index contributed by atoms with van der Waals surface area (Å²) in [6, 6.07) is 15.3. The van der Waals surface area contributed by atoms with Crippen LogP contribution in [0.3, 0.4) is 0 Å². The van der Waals surface area contributed by atoms with E-state index >= 15 is 0 Å². The van der Waals surface area contributed by atoms with Gasteiger partial charge in [0.2, 0.25) is 0 Å². The van der Waals surface area contributed by atoms with Crippen molar-refractivity contribution in [3.63, 3.8) is 0 Å². The van der Waals surface area contributed by atoms with Crippen LogP contribution in [-0.2, 0) is 26.4 Å². The van der Waals surface area contributed by atoms with Crippen LogP contribution in [0.4, 0.5) is 0 Å². The Bertz CT molecular complexity index is 902. The molecular weight excluding hydrogens is 410 g/mol. The van der Waals surface area contributed by atoms with E-state index in [1.165, 1.54) is 0 Å². The number of fused-ring (bicyclic) bond motifs is 1. The maximum absolute atomic E-state index is 13.3. The molecule has 0 aliphatic carbocycles. The molecule has 0 fully saturated rings. The summed E-state index contributed by atoms with van der Waals surface area (Å²) in [5.74, 6) is 0. The van der Waals surface area contributed by atoms with Gasteiger partial charge in [-0.05, 0) is 43.5 Å². The molecule has 7 heteroatoms. The van der Waals surface area contributed by atoms with Crippen molar-refractivity contribution in [3.8, 4) is 0 Å². The third-order valence-electron chi connectivity index (χ3n) is 3.66. The van der Waals surface area contributed by atoms with Crippen molar-refractivity contribution in [1.82, 2.24) is 0 Å². The quantitative estimate of drug-likeness (QED) is 0.364. The van der Waals surface area contributed by atoms with Gasteiger partial charge in [0.1, 0.15) is 0 Å². The van der Waals surface area contributed by atoms with Crippen molar-refractivity contribution >= 4 is 52.2 Å². The first kappa shape index (κ1) is 19.9. The predicted octanol–water partition coefficient (Wildman–Crippen LogP) is 7.54. The Kier molecular flexibility index (Phi) is 6.45. The van der Waals surface area contributed by atoms with E-state index in [-0.39, 0.29) is 18.9 Å². The normalized spacial score (nSPS) is 14.0. The highest BCUT2D eigenvalue weighted by Crippen LogP contribution is 2.54. The second-order valence-electron chi connectivity index (χ2n) is 6.15. The van der Waals surface area contributed by atoms with Crippen LogP contribution < -0.4 is 0 Å². The molecule has 3 rings (SSSR count). The monoisotopic (exact) mass is 428 g/mol. The fourth-order valence-corrected chi connectivity index (χ4v) is 6.34. The third-order valence-corrected chi connectivity index (χ3v) is 7.70. The summed E-state index contributed by atoms with van der Waals surface area (Å²) in [7, 11) is -3.36. The van der Waals surface area contributed by atoms with Crippen LogP contribution in [0.2, 0.25) is 10.0 Å². The largest absolute Gasteiger partial charge is 0.336 e. The fourth-order valence-electron chi connectivity index (χ4n) is 2.57. The Morgan fingerprint density at radius 2 is 1.77 bits per heavy atom. The molecule has 0 saturated heterocycles. The van der Waals surface area contributed by atoms with Crippen molar-refractivity contribution in [2.45, 2.75) is 32.7 Å². The number of halogens is 2. The average Bonchev–Trinajstić information content (AvgIpc) is 2.95. The van der Waals surface area contributed by atoms with E-state index < -0.39 is 7.60 Å². The molecule has 3 nitrogen and oxygen atoms in total. The Morgan fingerprint density at radius 3 is 2.42 bits per heavy atom. The van der Waals surface area contributed by atoms with Crippen LogP contribution in [0.25, 0.3) is 10.1 Å². The number of hydrogen-bond acceptors (Lipinski definition) is 4. The van der Waals surface area contributed by atoms with Crippen molar-refractivity contribution in [2.24, 2.45) is 0 Å². The molecule has 0 spiro atoms. The highest BCUT2D eigenvalue weighted by Gasteiger charge is 2.28. The lowest BCUT2D eigenvalue weighted by Gasteiger charge is -2.21. The van der Waals surface area contributed by atoms with E-state index in [0.717, 1.165) is 15.0 Å². The zero-order valence-electron chi connectivity index (χ0n) is 14.4. The number of hydrogen-bond donors (Lipinski definition) is 0. The van der Waals surface area contributed by atoms with E-state index in [0.29, 0.717) is 15.6 Å². The summed E-state index contributed by atoms with van der Waals surface area (Å²) in [6.45, 7) is 3.71. The molecule has 0 aliphatic heterocycles. The van der Waals surface area contributed by atoms with Gasteiger partial charge in [-0.3, -0.25) is 4.57 Å². The maximum Gasteiger partial charge on any atom is 0.336 e. The van der Waals surface area contributed by atoms with Gasteiger partial charge in [0.15, 0.2) is 0 Å². The highest BCUT2D eigenvalue weighted by molar-refractivity contribution is 7.53. The minimum Gasteiger partial charge on any atom is -0.306 e. The summed E-state index contributed by atoms with van der Waals surface area (Å²) >= 11 is 14.0. The lowest BCUT2D eigenvalue weighted by molar-refractivity contribution is 0.162. The number of benzene rings is 2. The van der Waals surface area contributed by atoms with Gasteiger partial charge in [0.25, 0.3) is 0 Å². The molecule has 1 heterocycles. The fraction of sp³-hybridized carbons (Fsp3) is 0.263. The summed E-state index contributed by atoms with van der Waals surface area (Å²) in [6.07, 6.45) is -0.0102. The zero-order chi connectivity index (χ0) is 18.7. The van der Waals surface area contributed by atoms with Gasteiger partial charge < -0.3 is 9.05 Å². The van der Waals surface area contributed by atoms with E-state index in [9.17, 15) is 4.57 Å². The topological polar surface area (TPSA) is 35.5 Å². The molecule has 3 aromatic rings. The van der Waals surface area contributed by atoms with Crippen molar-refractivity contribution in [2.75, 3.05) is 0 Å². The Labute approximate surface area is 167 Å². The van der Waals surface area contributed by atoms with Crippen LogP contribution in [-0.4, -0.2) is 6.10 Å². The molecule has 138 valence electrons. The van der Waals surface area contributed by atoms with E-state index in [2.05, 4.69) is 0 Å². The van der Waals surface area contributed by atoms with Crippen LogP contribution in [0.1, 0.15) is 24.3 Å². The first-order valence-corrected chi connectivity index (χ1v) is 11.5. The molecule has 0 radical (unpaired) electrons. The van der Waals surface area contributed by atoms with Gasteiger partial charge in [0.05, 0.1) is 18.9 Å². The lowest BCUT2D eigenvalue weighted by atomic mass is 10.2. The van der Waals surface area contributed by atoms with Crippen LogP contribution in [0, 0.1) is 0 Å². The Morgan fingerprint density at radius 1 is 1.08 bits per heavy atom. The standard InChI is InChI=1S/C19H19Cl2O3PS/c1-13(2)24-25(22,23-11-16-17(20)7-5-8-18(16)21)12-15-10-14-6-3-4-9-19(14)26-15/h3-10,13H,11-12H2,1-2H3. The number of rotatable bonds is 7. The minimum atomic E-state index is -3.36. The summed E-state index contributed by atoms with van der Waals surface area (Å²) in [5.41, 5.74) is 0.611. The van der Waals surface area contributed by atoms with Gasteiger partial charge in [-0.25, -0.2) is 0 Å². The second-order valence-corrected chi connectivity index (χ2v) is 10.1. The molecule has 0 amide bonds. The molecule has 0 bridgehead atoms. The van der Waals surface area contributed by atoms with E-state index in [4.69, 9.17) is 32.2 Å². The Balaban J connectivity index is 1.82. The maximum atomic E-state index is 13.3. The van der Waals surface area contributed by atoms with Crippen molar-refractivity contribution in [3.05, 3.63) is 69.0 Å². The van der Waals surface area contributed by atoms with Gasteiger partial charge in [-0.2, -0.15) is 0 Å². The van der Waals surface area contributed by atoms with Crippen LogP contribution in [0.15, 0.2) is 48.5 Å². The summed E-state index contributed by atoms with van der Waals surface area (Å²) < 4.78 is 25.9. The lowest BCUT2D eigenvalue weighted by Crippen LogP contribution is -2.05. The van der Waals surface area contributed by atoms with Gasteiger partial charge in [-0.15, -0.1) is 11.3 Å². The average molecular weight is 429 g/mol. The van der Waals surface area contributed by atoms with Crippen molar-refractivity contribution < 1.29 is 13.6 Å². The van der Waals surface area contributed by atoms with Gasteiger partial charge in [0, 0.05) is 25.2 Å². The molecular formula is C19H19Cl2O3PS. The first-order chi connectivity index (χ1) is 12.4. The van der Waals surface area contributed by atoms with E-state index in [1.807, 2.05) is 44.2 Å². The minimum absolute atomic E-state index is 0.0351. The molecule has 0 saturated carbocycles. The molecule has 1 unspecified atom stereocenters. The second kappa shape index (κ2) is 8.43. The zero-order valence-corrected chi connectivity index (χ0v) is 17.7. The van der Waals surface area contributed by atoms with E-state index in [1.54, 1.807) is 29.5 Å². The summed E-state index contributed by atoms with van der Waals surface area (Å²) in [5, 5.41) is 2.09.